The number of aromatic hydroxyl groups is 2. The monoisotopic (exact) mass is 494 g/mol. The van der Waals surface area contributed by atoms with Crippen molar-refractivity contribution in [3.8, 4) is 11.5 Å². The lowest BCUT2D eigenvalue weighted by Crippen LogP contribution is -2.23. The summed E-state index contributed by atoms with van der Waals surface area (Å²) in [5.41, 5.74) is -1.31. The summed E-state index contributed by atoms with van der Waals surface area (Å²) in [4.78, 5) is 24.9. The van der Waals surface area contributed by atoms with E-state index in [4.69, 9.17) is 0 Å². The first kappa shape index (κ1) is 16.3. The van der Waals surface area contributed by atoms with Crippen molar-refractivity contribution < 1.29 is 10.2 Å². The van der Waals surface area contributed by atoms with Crippen molar-refractivity contribution in [3.63, 3.8) is 0 Å². The Labute approximate surface area is 172 Å². The molecule has 0 aliphatic carbocycles. The number of halogens is 2. The number of hydrogen-bond donors (Lipinski definition) is 2. The smallest absolute Gasteiger partial charge is 0.234 e. The average molecular weight is 496 g/mol. The molecule has 134 valence electrons. The molecule has 6 aromatic carbocycles. The molecular weight excluding hydrogens is 488 g/mol. The van der Waals surface area contributed by atoms with E-state index in [1.165, 1.54) is 6.07 Å². The second-order valence-electron chi connectivity index (χ2n) is 6.99. The molecule has 0 amide bonds. The molecule has 0 heterocycles. The van der Waals surface area contributed by atoms with Crippen LogP contribution >= 0.6 is 31.9 Å². The Morgan fingerprint density at radius 1 is 0.607 bits per heavy atom. The molecule has 0 atom stereocenters. The van der Waals surface area contributed by atoms with Crippen molar-refractivity contribution in [2.24, 2.45) is 0 Å². The largest absolute Gasteiger partial charge is 0.507 e. The molecule has 0 saturated carbocycles. The summed E-state index contributed by atoms with van der Waals surface area (Å²) < 4.78 is 1.19. The molecular formula is C22H8Br2O4. The third kappa shape index (κ3) is 1.67. The molecule has 0 fully saturated rings. The maximum Gasteiger partial charge on any atom is 0.234 e. The predicted molar refractivity (Wildman–Crippen MR) is 119 cm³/mol. The summed E-state index contributed by atoms with van der Waals surface area (Å²) in [6.07, 6.45) is 0. The lowest BCUT2D eigenvalue weighted by molar-refractivity contribution is 0.486. The summed E-state index contributed by atoms with van der Waals surface area (Å²) in [5.74, 6) is 0.0539. The van der Waals surface area contributed by atoms with Gasteiger partial charge in [-0.15, -0.1) is 0 Å². The van der Waals surface area contributed by atoms with Gasteiger partial charge < -0.3 is 10.2 Å². The van der Waals surface area contributed by atoms with Gasteiger partial charge in [-0.3, -0.25) is 9.59 Å². The normalized spacial score (nSPS) is 12.5. The van der Waals surface area contributed by atoms with Gasteiger partial charge in [0.05, 0.1) is 0 Å². The minimum Gasteiger partial charge on any atom is -0.507 e. The second-order valence-corrected chi connectivity index (χ2v) is 8.70. The van der Waals surface area contributed by atoms with Crippen LogP contribution in [0, 0.1) is 0 Å². The third-order valence-corrected chi connectivity index (χ3v) is 6.94. The van der Waals surface area contributed by atoms with Gasteiger partial charge in [-0.25, -0.2) is 0 Å². The van der Waals surface area contributed by atoms with Crippen LogP contribution in [-0.2, 0) is 0 Å². The van der Waals surface area contributed by atoms with Gasteiger partial charge in [-0.1, -0.05) is 34.1 Å². The van der Waals surface area contributed by atoms with Crippen LogP contribution in [0.25, 0.3) is 53.9 Å². The zero-order valence-electron chi connectivity index (χ0n) is 13.9. The topological polar surface area (TPSA) is 74.6 Å². The highest BCUT2D eigenvalue weighted by molar-refractivity contribution is 9.11. The van der Waals surface area contributed by atoms with Gasteiger partial charge in [0.15, 0.2) is 0 Å². The van der Waals surface area contributed by atoms with Crippen molar-refractivity contribution in [1.29, 1.82) is 0 Å². The third-order valence-electron chi connectivity index (χ3n) is 5.66. The van der Waals surface area contributed by atoms with Crippen LogP contribution < -0.4 is 10.9 Å². The van der Waals surface area contributed by atoms with E-state index in [0.29, 0.717) is 36.8 Å². The molecule has 28 heavy (non-hydrogen) atoms. The van der Waals surface area contributed by atoms with Crippen LogP contribution in [0.5, 0.6) is 11.5 Å². The highest BCUT2D eigenvalue weighted by Gasteiger charge is 2.25. The Hall–Kier alpha value is -2.70. The average Bonchev–Trinajstić information content (AvgIpc) is 2.68. The lowest BCUT2D eigenvalue weighted by atomic mass is 9.85. The van der Waals surface area contributed by atoms with E-state index in [1.807, 2.05) is 24.3 Å². The fourth-order valence-electron chi connectivity index (χ4n) is 4.53. The molecule has 0 spiro atoms. The molecule has 0 unspecified atom stereocenters. The van der Waals surface area contributed by atoms with Crippen LogP contribution in [-0.4, -0.2) is 10.2 Å². The Morgan fingerprint density at radius 3 is 1.89 bits per heavy atom. The Bertz CT molecular complexity index is 1740. The van der Waals surface area contributed by atoms with Crippen LogP contribution in [0.3, 0.4) is 0 Å². The second kappa shape index (κ2) is 5.01. The summed E-state index contributed by atoms with van der Waals surface area (Å²) in [6.45, 7) is 0. The number of rotatable bonds is 0. The van der Waals surface area contributed by atoms with E-state index in [1.54, 1.807) is 6.07 Å². The quantitative estimate of drug-likeness (QED) is 0.167. The molecule has 0 bridgehead atoms. The number of benzene rings is 6. The summed E-state index contributed by atoms with van der Waals surface area (Å²) in [7, 11) is 0. The van der Waals surface area contributed by atoms with Crippen molar-refractivity contribution in [3.05, 3.63) is 65.8 Å². The molecule has 0 aromatic heterocycles. The van der Waals surface area contributed by atoms with Gasteiger partial charge in [0.25, 0.3) is 0 Å². The maximum atomic E-state index is 12.6. The van der Waals surface area contributed by atoms with E-state index in [9.17, 15) is 19.8 Å². The standard InChI is InChI=1S/C22H8Br2O4/c23-12-4-9-16-15-7(12)2-1-3-8(15)20(26)10-5-13(24)19-18(17(10)16)11(21(9)27)6-14(25)22(19)28/h1-6,26-27H. The molecule has 4 nitrogen and oxygen atoms in total. The van der Waals surface area contributed by atoms with Gasteiger partial charge in [0.2, 0.25) is 10.9 Å². The van der Waals surface area contributed by atoms with E-state index >= 15 is 0 Å². The molecule has 0 aliphatic heterocycles. The molecule has 0 radical (unpaired) electrons. The Kier molecular flexibility index (Phi) is 2.91. The zero-order valence-corrected chi connectivity index (χ0v) is 17.1. The van der Waals surface area contributed by atoms with Crippen molar-refractivity contribution in [2.75, 3.05) is 0 Å². The highest BCUT2D eigenvalue weighted by atomic mass is 79.9. The number of phenols is 2. The lowest BCUT2D eigenvalue weighted by Gasteiger charge is -2.20. The van der Waals surface area contributed by atoms with Gasteiger partial charge >= 0.3 is 0 Å². The number of phenolic OH excluding ortho intramolecular Hbond substituents is 2. The maximum absolute atomic E-state index is 12.6. The fourth-order valence-corrected chi connectivity index (χ4v) is 5.70. The Morgan fingerprint density at radius 2 is 1.14 bits per heavy atom. The van der Waals surface area contributed by atoms with Gasteiger partial charge in [0.1, 0.15) is 11.5 Å². The Balaban J connectivity index is 2.20. The van der Waals surface area contributed by atoms with E-state index in [0.717, 1.165) is 20.6 Å². The molecule has 0 aliphatic rings. The van der Waals surface area contributed by atoms with Gasteiger partial charge in [-0.05, 0) is 33.4 Å². The summed E-state index contributed by atoms with van der Waals surface area (Å²) in [5, 5.41) is 28.1. The van der Waals surface area contributed by atoms with E-state index in [2.05, 4.69) is 31.9 Å². The molecule has 6 heteroatoms. The molecule has 6 aromatic rings. The molecule has 0 saturated heterocycles. The first-order chi connectivity index (χ1) is 13.4. The predicted octanol–water partition coefficient (Wildman–Crippen LogP) is 5.42. The van der Waals surface area contributed by atoms with Crippen LogP contribution in [0.4, 0.5) is 0 Å². The van der Waals surface area contributed by atoms with Crippen LogP contribution in [0.1, 0.15) is 0 Å². The van der Waals surface area contributed by atoms with Crippen LogP contribution in [0.15, 0.2) is 54.9 Å². The molecule has 6 rings (SSSR count). The zero-order chi connectivity index (χ0) is 19.5. The van der Waals surface area contributed by atoms with E-state index < -0.39 is 10.9 Å². The van der Waals surface area contributed by atoms with Gasteiger partial charge in [0, 0.05) is 63.5 Å². The van der Waals surface area contributed by atoms with Crippen molar-refractivity contribution in [1.82, 2.24) is 0 Å². The van der Waals surface area contributed by atoms with Crippen molar-refractivity contribution >= 4 is 85.7 Å². The van der Waals surface area contributed by atoms with Crippen molar-refractivity contribution in [2.45, 2.75) is 0 Å². The highest BCUT2D eigenvalue weighted by Crippen LogP contribution is 2.52. The van der Waals surface area contributed by atoms with E-state index in [-0.39, 0.29) is 16.9 Å². The fraction of sp³-hybridized carbons (Fsp3) is 0. The first-order valence-electron chi connectivity index (χ1n) is 8.46. The van der Waals surface area contributed by atoms with Gasteiger partial charge in [-0.2, -0.15) is 0 Å². The number of hydrogen-bond acceptors (Lipinski definition) is 4. The summed E-state index contributed by atoms with van der Waals surface area (Å²) >= 11 is 6.95. The SMILES string of the molecule is O=c1cc2c(O)c3cc(Br)c4cccc5c(O)c6cc(Br)c(c1=O)c2c6c3c45. The van der Waals surface area contributed by atoms with Crippen LogP contribution in [0.2, 0.25) is 0 Å². The summed E-state index contributed by atoms with van der Waals surface area (Å²) in [6, 6.07) is 10.3. The minimum atomic E-state index is -0.678. The first-order valence-corrected chi connectivity index (χ1v) is 10.0. The molecule has 2 N–H and O–H groups in total. The minimum absolute atomic E-state index is 0.0487.